The molecule has 26 rings (SSSR count). The van der Waals surface area contributed by atoms with Crippen LogP contribution < -0.4 is 50.2 Å². The molecule has 733 valence electrons. The van der Waals surface area contributed by atoms with Crippen LogP contribution in [0.1, 0.15) is 74.9 Å². The van der Waals surface area contributed by atoms with Crippen LogP contribution in [0.5, 0.6) is 0 Å². The summed E-state index contributed by atoms with van der Waals surface area (Å²) >= 11 is 0. The molecule has 0 amide bonds. The Morgan fingerprint density at radius 3 is 1.33 bits per heavy atom. The van der Waals surface area contributed by atoms with Gasteiger partial charge in [0.05, 0.1) is 16.7 Å². The SMILES string of the molecule is CCCCC1(CCCC)c2ccccc2-c2ccc(-c3c[c-]c(N4[CH-]N(C)c5ccccc54)cc3)cc21.CN1C=CN(c2[c-]cc(-c3ccc4c(c3)P(=O)(c3ccccc3)c3ccccc3-4)cc2)[CH-]1.CN1[CH-]N(c2[c-]cc(-c3ccc4c5ccccc5n(-c5ccccc5)c4c3)cc2)c2ccccc21.CN1[CH-]N(c2[c-]cccc2)c2ccccc21.Cc1cc(C)n(-c2[c-]cccc2)n1.[Rh+3].[Rh+3].[Rh].[c-]1ccccc1-n1cccn1. The second kappa shape index (κ2) is 45.9. The predicted octanol–water partition coefficient (Wildman–Crippen LogP) is 29.7. The molecular formula is C129H110N13OPRh3-4. The van der Waals surface area contributed by atoms with E-state index in [0.717, 1.165) is 89.2 Å². The van der Waals surface area contributed by atoms with E-state index in [1.807, 2.05) is 188 Å². The largest absolute Gasteiger partial charge is 3.00 e. The number of fused-ring (bicyclic) bond motifs is 12. The van der Waals surface area contributed by atoms with Crippen LogP contribution in [0.15, 0.2) is 425 Å². The van der Waals surface area contributed by atoms with Gasteiger partial charge >= 0.3 is 39.0 Å². The first kappa shape index (κ1) is 102. The average molecular weight is 2200 g/mol. The molecule has 1 unspecified atom stereocenters. The van der Waals surface area contributed by atoms with Gasteiger partial charge in [0, 0.05) is 109 Å². The maximum Gasteiger partial charge on any atom is 3.00 e. The molecular weight excluding hydrogens is 2090 g/mol. The molecule has 0 N–H and O–H groups in total. The molecule has 0 saturated carbocycles. The van der Waals surface area contributed by atoms with Gasteiger partial charge in [-0.25, -0.2) is 0 Å². The molecule has 17 aromatic carbocycles. The van der Waals surface area contributed by atoms with Crippen LogP contribution in [0.2, 0.25) is 0 Å². The zero-order chi connectivity index (χ0) is 98.2. The monoisotopic (exact) mass is 2200 g/mol. The molecule has 1 aliphatic carbocycles. The molecule has 1 atom stereocenters. The Bertz CT molecular complexity index is 7960. The van der Waals surface area contributed by atoms with Crippen molar-refractivity contribution in [2.45, 2.75) is 71.6 Å². The Hall–Kier alpha value is -14.8. The van der Waals surface area contributed by atoms with Crippen molar-refractivity contribution in [2.75, 3.05) is 62.5 Å². The van der Waals surface area contributed by atoms with Crippen LogP contribution in [-0.4, -0.2) is 57.2 Å². The zero-order valence-corrected chi connectivity index (χ0v) is 88.9. The van der Waals surface area contributed by atoms with E-state index in [-0.39, 0.29) is 63.8 Å². The summed E-state index contributed by atoms with van der Waals surface area (Å²) in [5.74, 6) is 0. The van der Waals surface area contributed by atoms with E-state index in [2.05, 4.69) is 409 Å². The van der Waals surface area contributed by atoms with Crippen molar-refractivity contribution in [2.24, 2.45) is 0 Å². The smallest absolute Gasteiger partial charge is 0.510 e. The van der Waals surface area contributed by atoms with E-state index in [0.29, 0.717) is 0 Å². The average Bonchev–Trinajstić information content (AvgIpc) is 1.55. The molecule has 0 spiro atoms. The van der Waals surface area contributed by atoms with E-state index < -0.39 is 7.14 Å². The van der Waals surface area contributed by atoms with Crippen LogP contribution in [0, 0.1) is 76.9 Å². The molecule has 6 aliphatic rings. The first-order valence-electron chi connectivity index (χ1n) is 49.3. The van der Waals surface area contributed by atoms with Crippen LogP contribution in [0.4, 0.5) is 56.9 Å². The summed E-state index contributed by atoms with van der Waals surface area (Å²) in [7, 11) is 5.31. The quantitative estimate of drug-likeness (QED) is 0.0496. The Labute approximate surface area is 903 Å². The second-order valence-corrected chi connectivity index (χ2v) is 39.6. The van der Waals surface area contributed by atoms with Gasteiger partial charge in [-0.3, -0.25) is 9.36 Å². The standard InChI is InChI=1S/C35H36N2.C32H23N3.C28H21N2OP.C14H12N2.C11H11N2.C9H7N2.3Rh/c1-4-6-22-35(23-7-5-2)31-13-9-8-12-29(31)30-21-18-27(24-32(30)35)26-16-19-28(20-17-26)37-25-36(3)33-14-10-11-15-34(33)37;1-33-22-34(31-14-8-7-13-30(31)33)25-18-15-23(16-19-25)24-17-20-28-27-11-5-6-12-29(27)35(32(28)21-24)26-9-3-2-4-10-26;1-29-17-18-30(20-29)23-14-11-21(12-15-23)22-13-16-26-25-9-5-6-10-27(25)32(31,28(26)19-22)24-7-3-2-4-8-24;1-15-11-16(12-7-3-2-4-8-12)14-10-6-5-9-13(14)15;1-9-8-10(2)13(12-9)11-6-4-3-5-7-11;1-2-5-9(6-3-1)11-8-4-7-10-11;;;/h8-19,21,24-25H,4-7,22-23H2,1-3H3;2-18,20-22H,1H3;2-14,16-20H,1H3;2-7,9-11H,1H3;3-6,8H,1-2H3;1-5,7-8H;;;/q4*-2;2*-1;;2*+3. The van der Waals surface area contributed by atoms with Gasteiger partial charge in [0.1, 0.15) is 0 Å². The van der Waals surface area contributed by atoms with E-state index >= 15 is 0 Å². The van der Waals surface area contributed by atoms with Crippen molar-refractivity contribution < 1.29 is 63.0 Å². The van der Waals surface area contributed by atoms with Gasteiger partial charge in [0.15, 0.2) is 7.14 Å². The summed E-state index contributed by atoms with van der Waals surface area (Å²) in [5, 5.41) is 13.7. The van der Waals surface area contributed by atoms with Crippen molar-refractivity contribution in [3.05, 3.63) is 511 Å². The van der Waals surface area contributed by atoms with E-state index in [9.17, 15) is 4.57 Å². The Balaban J connectivity index is 0.000000121. The maximum absolute atomic E-state index is 14.7. The van der Waals surface area contributed by atoms with Crippen molar-refractivity contribution in [3.8, 4) is 72.7 Å². The molecule has 0 bridgehead atoms. The van der Waals surface area contributed by atoms with Crippen LogP contribution >= 0.6 is 7.14 Å². The summed E-state index contributed by atoms with van der Waals surface area (Å²) in [4.78, 5) is 17.0. The van der Waals surface area contributed by atoms with Crippen LogP contribution in [0.3, 0.4) is 0 Å². The summed E-state index contributed by atoms with van der Waals surface area (Å²) < 4.78 is 20.7. The fourth-order valence-electron chi connectivity index (χ4n) is 20.6. The minimum Gasteiger partial charge on any atom is -0.510 e. The molecule has 14 nitrogen and oxygen atoms in total. The van der Waals surface area contributed by atoms with E-state index in [1.165, 1.54) is 134 Å². The first-order chi connectivity index (χ1) is 70.7. The number of hydrogen-bond acceptors (Lipinski definition) is 11. The van der Waals surface area contributed by atoms with Gasteiger partial charge in [-0.05, 0) is 185 Å². The Morgan fingerprint density at radius 2 is 0.810 bits per heavy atom. The molecule has 147 heavy (non-hydrogen) atoms. The molecule has 0 saturated heterocycles. The summed E-state index contributed by atoms with van der Waals surface area (Å²) in [6, 6.07) is 159. The number of unbranched alkanes of at least 4 members (excludes halogenated alkanes) is 2. The molecule has 5 aliphatic heterocycles. The van der Waals surface area contributed by atoms with Crippen molar-refractivity contribution in [3.63, 3.8) is 0 Å². The predicted molar refractivity (Wildman–Crippen MR) is 597 cm³/mol. The molecule has 0 fully saturated rings. The van der Waals surface area contributed by atoms with Gasteiger partial charge in [0.25, 0.3) is 0 Å². The molecule has 8 heterocycles. The third-order valence-corrected chi connectivity index (χ3v) is 30.7. The number of para-hydroxylation sites is 11. The van der Waals surface area contributed by atoms with Gasteiger partial charge in [-0.2, -0.15) is 170 Å². The second-order valence-electron chi connectivity index (χ2n) is 36.9. The Kier molecular flexibility index (Phi) is 31.9. The first-order valence-corrected chi connectivity index (χ1v) is 51.0. The van der Waals surface area contributed by atoms with Crippen molar-refractivity contribution in [1.29, 1.82) is 0 Å². The van der Waals surface area contributed by atoms with E-state index in [1.54, 1.807) is 16.4 Å². The van der Waals surface area contributed by atoms with Gasteiger partial charge in [-0.15, -0.1) is 69.8 Å². The topological polar surface area (TPSA) is 83.6 Å². The third kappa shape index (κ3) is 20.8. The number of nitrogens with zero attached hydrogens (tertiary/aromatic N) is 13. The van der Waals surface area contributed by atoms with Gasteiger partial charge < -0.3 is 48.3 Å². The van der Waals surface area contributed by atoms with Gasteiger partial charge in [0.2, 0.25) is 0 Å². The fraction of sp³-hybridized carbons (Fsp3) is 0.116. The third-order valence-electron chi connectivity index (χ3n) is 27.6. The molecule has 1 radical (unpaired) electrons. The summed E-state index contributed by atoms with van der Waals surface area (Å²) in [6.45, 7) is 17.0. The number of benzene rings is 17. The zero-order valence-electron chi connectivity index (χ0n) is 83.1. The number of hydrogen-bond donors (Lipinski definition) is 0. The minimum atomic E-state index is -2.92. The number of aryl methyl sites for hydroxylation is 2. The summed E-state index contributed by atoms with van der Waals surface area (Å²) in [5.41, 5.74) is 34.3. The number of rotatable bonds is 17. The van der Waals surface area contributed by atoms with Crippen LogP contribution in [0.25, 0.3) is 94.5 Å². The molecule has 3 aromatic heterocycles. The Morgan fingerprint density at radius 1 is 0.361 bits per heavy atom. The minimum absolute atomic E-state index is 0. The fourth-order valence-corrected chi connectivity index (χ4v) is 23.6. The molecule has 18 heteroatoms. The maximum atomic E-state index is 14.7. The van der Waals surface area contributed by atoms with Crippen LogP contribution in [-0.2, 0) is 68.4 Å². The normalized spacial score (nSPS) is 14.1. The summed E-state index contributed by atoms with van der Waals surface area (Å²) in [6.07, 6.45) is 15.1. The van der Waals surface area contributed by atoms with Gasteiger partial charge in [-0.1, -0.05) is 256 Å². The number of anilines is 10. The number of aromatic nitrogens is 5. The molecule has 20 aromatic rings. The van der Waals surface area contributed by atoms with E-state index in [4.69, 9.17) is 0 Å². The van der Waals surface area contributed by atoms with Crippen molar-refractivity contribution >= 4 is 102 Å². The van der Waals surface area contributed by atoms with Crippen molar-refractivity contribution in [1.82, 2.24) is 29.0 Å².